The van der Waals surface area contributed by atoms with Gasteiger partial charge in [-0.3, -0.25) is 4.79 Å². The van der Waals surface area contributed by atoms with Crippen LogP contribution in [0.15, 0.2) is 176 Å². The first-order valence-corrected chi connectivity index (χ1v) is 15.6. The number of rotatable bonds is 11. The molecule has 0 heterocycles. The zero-order chi connectivity index (χ0) is 31.8. The van der Waals surface area contributed by atoms with E-state index in [0.29, 0.717) is 10.6 Å². The summed E-state index contributed by atoms with van der Waals surface area (Å²) in [6.07, 6.45) is 0. The molecule has 1 atom stereocenters. The molecule has 0 spiro atoms. The van der Waals surface area contributed by atoms with Crippen LogP contribution in [0.25, 0.3) is 0 Å². The molecule has 4 nitrogen and oxygen atoms in total. The van der Waals surface area contributed by atoms with Crippen LogP contribution in [0, 0.1) is 0 Å². The molecule has 0 unspecified atom stereocenters. The highest BCUT2D eigenvalue weighted by molar-refractivity contribution is 6.31. The zero-order valence-corrected chi connectivity index (χ0v) is 26.0. The minimum Gasteiger partial charge on any atom is -0.443 e. The van der Waals surface area contributed by atoms with Crippen molar-refractivity contribution in [3.8, 4) is 0 Å². The molecule has 0 fully saturated rings. The van der Waals surface area contributed by atoms with E-state index in [9.17, 15) is 4.79 Å². The van der Waals surface area contributed by atoms with E-state index in [4.69, 9.17) is 26.8 Å². The first-order chi connectivity index (χ1) is 22.6. The summed E-state index contributed by atoms with van der Waals surface area (Å²) in [5, 5.41) is 0.462. The molecular formula is C41H34ClNO3. The number of carbonyl (C=O) groups is 1. The molecule has 0 aromatic heterocycles. The third-order valence-electron chi connectivity index (χ3n) is 8.19. The van der Waals surface area contributed by atoms with Crippen LogP contribution in [0.5, 0.6) is 0 Å². The summed E-state index contributed by atoms with van der Waals surface area (Å²) >= 11 is 6.85. The molecule has 6 rings (SSSR count). The fourth-order valence-corrected chi connectivity index (χ4v) is 6.29. The van der Waals surface area contributed by atoms with E-state index in [1.165, 1.54) is 0 Å². The largest absolute Gasteiger partial charge is 0.443 e. The highest BCUT2D eigenvalue weighted by Crippen LogP contribution is 2.44. The second-order valence-electron chi connectivity index (χ2n) is 11.0. The van der Waals surface area contributed by atoms with Crippen LogP contribution in [0.2, 0.25) is 5.02 Å². The highest BCUT2D eigenvalue weighted by Gasteiger charge is 2.44. The molecule has 2 N–H and O–H groups in total. The summed E-state index contributed by atoms with van der Waals surface area (Å²) in [5.74, 6) is -0.629. The molecular weight excluding hydrogens is 590 g/mol. The second kappa shape index (κ2) is 14.0. The predicted octanol–water partition coefficient (Wildman–Crippen LogP) is 8.51. The summed E-state index contributed by atoms with van der Waals surface area (Å²) in [5.41, 5.74) is 9.13. The third-order valence-corrected chi connectivity index (χ3v) is 8.52. The van der Waals surface area contributed by atoms with Crippen LogP contribution in [0.4, 0.5) is 0 Å². The Balaban J connectivity index is 1.41. The van der Waals surface area contributed by atoms with Gasteiger partial charge in [0.1, 0.15) is 11.6 Å². The van der Waals surface area contributed by atoms with Gasteiger partial charge in [-0.1, -0.05) is 181 Å². The number of ether oxygens (including phenoxy) is 2. The molecule has 6 aromatic rings. The Kier molecular flexibility index (Phi) is 9.41. The van der Waals surface area contributed by atoms with Crippen molar-refractivity contribution in [2.45, 2.75) is 17.2 Å². The van der Waals surface area contributed by atoms with Crippen LogP contribution in [0.1, 0.15) is 33.4 Å². The molecule has 0 aliphatic heterocycles. The molecule has 0 saturated carbocycles. The van der Waals surface area contributed by atoms with Gasteiger partial charge in [-0.05, 0) is 22.8 Å². The number of hydrogen-bond donors (Lipinski definition) is 1. The standard InChI is InChI=1S/C41H34ClNO3/c42-37-29-17-16-28-36(37)41(34-24-12-4-13-25-34,35-26-14-5-15-27-35)46-39(44)38(43)30-45-40(31-18-6-1-7-19-31,32-20-8-2-9-21-32)33-22-10-3-11-23-33/h1-29,38H,30,43H2/t38-/m0/s1. The van der Waals surface area contributed by atoms with E-state index in [1.807, 2.05) is 170 Å². The fourth-order valence-electron chi connectivity index (χ4n) is 6.02. The molecule has 0 aliphatic rings. The van der Waals surface area contributed by atoms with Gasteiger partial charge in [0.05, 0.1) is 6.61 Å². The number of esters is 1. The van der Waals surface area contributed by atoms with E-state index in [1.54, 1.807) is 6.07 Å². The van der Waals surface area contributed by atoms with Crippen molar-refractivity contribution in [1.82, 2.24) is 0 Å². The lowest BCUT2D eigenvalue weighted by Gasteiger charge is -2.38. The van der Waals surface area contributed by atoms with Crippen LogP contribution < -0.4 is 5.73 Å². The van der Waals surface area contributed by atoms with Crippen molar-refractivity contribution in [3.63, 3.8) is 0 Å². The smallest absolute Gasteiger partial charge is 0.326 e. The second-order valence-corrected chi connectivity index (χ2v) is 11.4. The Labute approximate surface area is 275 Å². The molecule has 0 bridgehead atoms. The molecule has 0 amide bonds. The van der Waals surface area contributed by atoms with Gasteiger partial charge in [0.15, 0.2) is 5.60 Å². The Morgan fingerprint density at radius 3 is 1.22 bits per heavy atom. The van der Waals surface area contributed by atoms with E-state index < -0.39 is 23.2 Å². The number of halogens is 1. The average molecular weight is 624 g/mol. The molecule has 46 heavy (non-hydrogen) atoms. The van der Waals surface area contributed by atoms with E-state index in [-0.39, 0.29) is 6.61 Å². The molecule has 0 saturated heterocycles. The molecule has 0 radical (unpaired) electrons. The summed E-state index contributed by atoms with van der Waals surface area (Å²) in [6, 6.07) is 55.4. The van der Waals surface area contributed by atoms with Crippen molar-refractivity contribution in [1.29, 1.82) is 0 Å². The lowest BCUT2D eigenvalue weighted by Crippen LogP contribution is -2.46. The summed E-state index contributed by atoms with van der Waals surface area (Å²) in [4.78, 5) is 14.2. The van der Waals surface area contributed by atoms with Crippen LogP contribution in [-0.4, -0.2) is 18.6 Å². The minimum absolute atomic E-state index is 0.125. The van der Waals surface area contributed by atoms with E-state index in [2.05, 4.69) is 0 Å². The molecule has 5 heteroatoms. The first kappa shape index (κ1) is 31.0. The average Bonchev–Trinajstić information content (AvgIpc) is 3.13. The molecule has 6 aromatic carbocycles. The molecule has 0 aliphatic carbocycles. The first-order valence-electron chi connectivity index (χ1n) is 15.2. The summed E-state index contributed by atoms with van der Waals surface area (Å²) in [7, 11) is 0. The van der Waals surface area contributed by atoms with Gasteiger partial charge in [-0.2, -0.15) is 0 Å². The molecule has 228 valence electrons. The lowest BCUT2D eigenvalue weighted by atomic mass is 9.79. The predicted molar refractivity (Wildman–Crippen MR) is 183 cm³/mol. The van der Waals surface area contributed by atoms with Gasteiger partial charge >= 0.3 is 5.97 Å². The van der Waals surface area contributed by atoms with Gasteiger partial charge in [-0.25, -0.2) is 0 Å². The van der Waals surface area contributed by atoms with Crippen molar-refractivity contribution in [3.05, 3.63) is 214 Å². The van der Waals surface area contributed by atoms with Gasteiger partial charge in [0, 0.05) is 21.7 Å². The Bertz CT molecular complexity index is 1710. The van der Waals surface area contributed by atoms with Crippen LogP contribution in [-0.2, 0) is 25.5 Å². The minimum atomic E-state index is -1.37. The number of carbonyl (C=O) groups excluding carboxylic acids is 1. The Hall–Kier alpha value is -5.00. The van der Waals surface area contributed by atoms with E-state index in [0.717, 1.165) is 27.8 Å². The topological polar surface area (TPSA) is 61.5 Å². The van der Waals surface area contributed by atoms with Gasteiger partial charge in [0.25, 0.3) is 0 Å². The monoisotopic (exact) mass is 623 g/mol. The highest BCUT2D eigenvalue weighted by atomic mass is 35.5. The van der Waals surface area contributed by atoms with Crippen molar-refractivity contribution in [2.75, 3.05) is 6.61 Å². The maximum Gasteiger partial charge on any atom is 0.326 e. The van der Waals surface area contributed by atoms with Crippen LogP contribution in [0.3, 0.4) is 0 Å². The van der Waals surface area contributed by atoms with E-state index >= 15 is 0 Å². The van der Waals surface area contributed by atoms with Gasteiger partial charge < -0.3 is 15.2 Å². The SMILES string of the molecule is N[C@@H](COC(c1ccccc1)(c1ccccc1)c1ccccc1)C(=O)OC(c1ccccc1)(c1ccccc1)c1ccccc1Cl. The maximum absolute atomic E-state index is 14.2. The number of hydrogen-bond acceptors (Lipinski definition) is 4. The Morgan fingerprint density at radius 2 is 0.848 bits per heavy atom. The Morgan fingerprint density at radius 1 is 0.522 bits per heavy atom. The number of benzene rings is 6. The lowest BCUT2D eigenvalue weighted by molar-refractivity contribution is -0.157. The van der Waals surface area contributed by atoms with Crippen molar-refractivity contribution in [2.24, 2.45) is 5.73 Å². The fraction of sp³-hybridized carbons (Fsp3) is 0.0976. The maximum atomic E-state index is 14.2. The van der Waals surface area contributed by atoms with Crippen LogP contribution >= 0.6 is 11.6 Å². The number of nitrogens with two attached hydrogens (primary N) is 1. The zero-order valence-electron chi connectivity index (χ0n) is 25.2. The van der Waals surface area contributed by atoms with Crippen molar-refractivity contribution < 1.29 is 14.3 Å². The van der Waals surface area contributed by atoms with Crippen molar-refractivity contribution >= 4 is 17.6 Å². The quantitative estimate of drug-likeness (QED) is 0.116. The normalized spacial score (nSPS) is 12.3. The summed E-state index contributed by atoms with van der Waals surface area (Å²) < 4.78 is 13.5. The summed E-state index contributed by atoms with van der Waals surface area (Å²) in [6.45, 7) is -0.125. The van der Waals surface area contributed by atoms with Gasteiger partial charge in [-0.15, -0.1) is 0 Å². The third kappa shape index (κ3) is 5.99. The van der Waals surface area contributed by atoms with Gasteiger partial charge in [0.2, 0.25) is 0 Å².